The lowest BCUT2D eigenvalue weighted by Gasteiger charge is -2.44. The lowest BCUT2D eigenvalue weighted by Crippen LogP contribution is -2.43. The molecule has 3 atom stereocenters. The average molecular weight is 312 g/mol. The van der Waals surface area contributed by atoms with Crippen molar-refractivity contribution in [2.45, 2.75) is 45.6 Å². The highest BCUT2D eigenvalue weighted by molar-refractivity contribution is 7.76. The molecule has 1 aliphatic rings. The number of carboxylic acid groups (broad SMARTS) is 1. The zero-order valence-electron chi connectivity index (χ0n) is 12.4. The van der Waals surface area contributed by atoms with E-state index in [1.165, 1.54) is 4.31 Å². The molecule has 0 saturated carbocycles. The van der Waals surface area contributed by atoms with E-state index >= 15 is 0 Å². The fourth-order valence-corrected chi connectivity index (χ4v) is 3.62. The molecular formula is C15H22NO4S-. The maximum Gasteiger partial charge on any atom is 0.303 e. The normalized spacial score (nSPS) is 27.9. The molecule has 1 N–H and O–H groups in total. The Morgan fingerprint density at radius 1 is 1.62 bits per heavy atom. The first-order valence-corrected chi connectivity index (χ1v) is 8.04. The molecule has 0 radical (unpaired) electrons. The summed E-state index contributed by atoms with van der Waals surface area (Å²) in [7, 11) is 0. The predicted octanol–water partition coefficient (Wildman–Crippen LogP) is 2.76. The molecule has 0 spiro atoms. The fourth-order valence-electron chi connectivity index (χ4n) is 2.79. The molecule has 0 aromatic rings. The molecule has 1 aliphatic heterocycles. The van der Waals surface area contributed by atoms with E-state index < -0.39 is 17.2 Å². The Morgan fingerprint density at radius 3 is 2.76 bits per heavy atom. The third-order valence-corrected chi connectivity index (χ3v) is 4.67. The van der Waals surface area contributed by atoms with Gasteiger partial charge in [-0.3, -0.25) is 13.3 Å². The van der Waals surface area contributed by atoms with E-state index in [9.17, 15) is 13.6 Å². The Bertz CT molecular complexity index is 484. The van der Waals surface area contributed by atoms with Crippen LogP contribution in [0.5, 0.6) is 0 Å². The summed E-state index contributed by atoms with van der Waals surface area (Å²) in [5.74, 6) is -0.712. The lowest BCUT2D eigenvalue weighted by atomic mass is 9.83. The topological polar surface area (TPSA) is 80.7 Å². The highest BCUT2D eigenvalue weighted by Gasteiger charge is 2.33. The monoisotopic (exact) mass is 312 g/mol. The van der Waals surface area contributed by atoms with Gasteiger partial charge in [0, 0.05) is 29.4 Å². The van der Waals surface area contributed by atoms with Crippen molar-refractivity contribution in [2.75, 3.05) is 0 Å². The summed E-state index contributed by atoms with van der Waals surface area (Å²) in [4.78, 5) is 10.6. The number of hydrogen-bond donors (Lipinski definition) is 1. The van der Waals surface area contributed by atoms with Gasteiger partial charge >= 0.3 is 5.97 Å². The van der Waals surface area contributed by atoms with Gasteiger partial charge < -0.3 is 9.66 Å². The van der Waals surface area contributed by atoms with Crippen LogP contribution in [0.15, 0.2) is 36.1 Å². The van der Waals surface area contributed by atoms with E-state index in [1.54, 1.807) is 12.2 Å². The number of carboxylic acids is 1. The van der Waals surface area contributed by atoms with Crippen molar-refractivity contribution in [2.24, 2.45) is 5.92 Å². The summed E-state index contributed by atoms with van der Waals surface area (Å²) >= 11 is -2.35. The third kappa shape index (κ3) is 4.54. The van der Waals surface area contributed by atoms with Crippen LogP contribution in [0.3, 0.4) is 0 Å². The SMILES string of the molecule is C=C/C=C1/C[C@@H](CCCC(=O)O)[C@@H](C)N(S(=O)[O-])/C1=C/C. The maximum absolute atomic E-state index is 11.5. The highest BCUT2D eigenvalue weighted by Crippen LogP contribution is 2.37. The van der Waals surface area contributed by atoms with Crippen molar-refractivity contribution in [3.05, 3.63) is 36.1 Å². The molecule has 1 rings (SSSR count). The molecular weight excluding hydrogens is 290 g/mol. The van der Waals surface area contributed by atoms with E-state index in [0.29, 0.717) is 18.5 Å². The van der Waals surface area contributed by atoms with Crippen LogP contribution >= 0.6 is 0 Å². The molecule has 0 aliphatic carbocycles. The Balaban J connectivity index is 2.97. The second-order valence-corrected chi connectivity index (χ2v) is 5.96. The molecule has 1 unspecified atom stereocenters. The molecule has 1 saturated heterocycles. The van der Waals surface area contributed by atoms with Gasteiger partial charge in [-0.1, -0.05) is 24.8 Å². The minimum atomic E-state index is -2.35. The summed E-state index contributed by atoms with van der Waals surface area (Å²) in [6.45, 7) is 7.35. The van der Waals surface area contributed by atoms with E-state index in [-0.39, 0.29) is 18.4 Å². The second kappa shape index (κ2) is 8.14. The molecule has 0 amide bonds. The van der Waals surface area contributed by atoms with Gasteiger partial charge in [0.15, 0.2) is 0 Å². The Kier molecular flexibility index (Phi) is 6.84. The zero-order valence-corrected chi connectivity index (χ0v) is 13.3. The first kappa shape index (κ1) is 17.7. The van der Waals surface area contributed by atoms with Crippen molar-refractivity contribution in [3.8, 4) is 0 Å². The number of aliphatic carboxylic acids is 1. The minimum Gasteiger partial charge on any atom is -0.755 e. The van der Waals surface area contributed by atoms with Crippen LogP contribution in [0, 0.1) is 5.92 Å². The quantitative estimate of drug-likeness (QED) is 0.765. The first-order chi connectivity index (χ1) is 9.92. The van der Waals surface area contributed by atoms with Crippen molar-refractivity contribution in [1.29, 1.82) is 0 Å². The van der Waals surface area contributed by atoms with Crippen LogP contribution in [0.4, 0.5) is 0 Å². The van der Waals surface area contributed by atoms with Gasteiger partial charge in [-0.15, -0.1) is 0 Å². The zero-order chi connectivity index (χ0) is 16.0. The van der Waals surface area contributed by atoms with Crippen LogP contribution in [0.1, 0.15) is 39.5 Å². The number of nitrogens with zero attached hydrogens (tertiary/aromatic N) is 1. The molecule has 1 heterocycles. The minimum absolute atomic E-state index is 0.108. The van der Waals surface area contributed by atoms with Gasteiger partial charge in [0.1, 0.15) is 0 Å². The third-order valence-electron chi connectivity index (χ3n) is 3.82. The van der Waals surface area contributed by atoms with Gasteiger partial charge in [-0.2, -0.15) is 0 Å². The van der Waals surface area contributed by atoms with E-state index in [4.69, 9.17) is 5.11 Å². The lowest BCUT2D eigenvalue weighted by molar-refractivity contribution is -0.137. The van der Waals surface area contributed by atoms with Crippen LogP contribution in [0.2, 0.25) is 0 Å². The molecule has 0 aromatic carbocycles. The fraction of sp³-hybridized carbons (Fsp3) is 0.533. The van der Waals surface area contributed by atoms with Crippen LogP contribution in [-0.2, 0) is 16.1 Å². The van der Waals surface area contributed by atoms with Gasteiger partial charge in [0.25, 0.3) is 0 Å². The molecule has 21 heavy (non-hydrogen) atoms. The summed E-state index contributed by atoms with van der Waals surface area (Å²) < 4.78 is 24.5. The van der Waals surface area contributed by atoms with Gasteiger partial charge in [0.2, 0.25) is 0 Å². The molecule has 6 heteroatoms. The predicted molar refractivity (Wildman–Crippen MR) is 81.9 cm³/mol. The summed E-state index contributed by atoms with van der Waals surface area (Å²) in [6.07, 6.45) is 7.35. The Hall–Kier alpha value is -1.40. The molecule has 5 nitrogen and oxygen atoms in total. The molecule has 118 valence electrons. The first-order valence-electron chi connectivity index (χ1n) is 7.01. The Morgan fingerprint density at radius 2 is 2.29 bits per heavy atom. The van der Waals surface area contributed by atoms with Crippen LogP contribution < -0.4 is 0 Å². The van der Waals surface area contributed by atoms with E-state index in [1.807, 2.05) is 19.9 Å². The number of rotatable bonds is 6. The number of piperidine rings is 1. The van der Waals surface area contributed by atoms with E-state index in [0.717, 1.165) is 12.0 Å². The Labute approximate surface area is 128 Å². The smallest absolute Gasteiger partial charge is 0.303 e. The average Bonchev–Trinajstić information content (AvgIpc) is 2.40. The maximum atomic E-state index is 11.5. The van der Waals surface area contributed by atoms with Gasteiger partial charge in [0.05, 0.1) is 0 Å². The highest BCUT2D eigenvalue weighted by atomic mass is 32.2. The van der Waals surface area contributed by atoms with Crippen LogP contribution in [0.25, 0.3) is 0 Å². The number of hydrogen-bond acceptors (Lipinski definition) is 3. The summed E-state index contributed by atoms with van der Waals surface area (Å²) in [5, 5.41) is 8.72. The van der Waals surface area contributed by atoms with E-state index in [2.05, 4.69) is 6.58 Å². The largest absolute Gasteiger partial charge is 0.755 e. The number of carbonyl (C=O) groups is 1. The standard InChI is InChI=1S/C15H23NO4S/c1-4-7-13-10-12(8-6-9-15(17)18)11(3)16(21(19)20)14(13)5-2/h4-5,7,11-12H,1,6,8-10H2,2-3H3,(H,17,18)(H,19,20)/p-1/b13-7-,14-5+/t11-,12-/m1/s1. The van der Waals surface area contributed by atoms with Crippen molar-refractivity contribution >= 4 is 17.2 Å². The molecule has 0 bridgehead atoms. The van der Waals surface area contributed by atoms with Gasteiger partial charge in [-0.25, -0.2) is 0 Å². The number of allylic oxidation sites excluding steroid dienone is 4. The molecule has 0 aromatic heterocycles. The van der Waals surface area contributed by atoms with Crippen molar-refractivity contribution < 1.29 is 18.7 Å². The summed E-state index contributed by atoms with van der Waals surface area (Å²) in [5.41, 5.74) is 1.61. The van der Waals surface area contributed by atoms with Gasteiger partial charge in [-0.05, 0) is 44.6 Å². The molecule has 1 fully saturated rings. The second-order valence-electron chi connectivity index (χ2n) is 5.14. The van der Waals surface area contributed by atoms with Crippen molar-refractivity contribution in [3.63, 3.8) is 0 Å². The van der Waals surface area contributed by atoms with Crippen LogP contribution in [-0.4, -0.2) is 30.2 Å². The summed E-state index contributed by atoms with van der Waals surface area (Å²) in [6, 6.07) is -0.176. The van der Waals surface area contributed by atoms with Crippen molar-refractivity contribution in [1.82, 2.24) is 4.31 Å².